The highest BCUT2D eigenvalue weighted by Crippen LogP contribution is 2.27. The number of methoxy groups -OCH3 is 1. The number of carbonyl (C=O) groups is 2. The van der Waals surface area contributed by atoms with E-state index in [1.165, 1.54) is 11.8 Å². The summed E-state index contributed by atoms with van der Waals surface area (Å²) in [5.74, 6) is -0.111. The van der Waals surface area contributed by atoms with Gasteiger partial charge in [-0.05, 0) is 31.0 Å². The number of carbonyl (C=O) groups excluding carboxylic acids is 2. The van der Waals surface area contributed by atoms with Gasteiger partial charge in [0.15, 0.2) is 17.2 Å². The first-order valence-corrected chi connectivity index (χ1v) is 11.8. The molecule has 2 aromatic carbocycles. The minimum Gasteiger partial charge on any atom is -0.493 e. The summed E-state index contributed by atoms with van der Waals surface area (Å²) >= 11 is 0. The summed E-state index contributed by atoms with van der Waals surface area (Å²) in [5.41, 5.74) is 5.04. The van der Waals surface area contributed by atoms with Crippen molar-refractivity contribution in [3.63, 3.8) is 0 Å². The normalized spacial score (nSPS) is 10.5. The van der Waals surface area contributed by atoms with E-state index >= 15 is 0 Å². The standard InChI is InChI=1S/C26H29N5O5/c1-3-4-7-14-31-26(34)20-10-6-5-9-19(20)24(30-31)25(33)29-28-23(32)11-8-15-36-21-13-12-18(17-27)16-22(21)35-2/h5-6,9-10,12-13,16H,3-4,7-8,11,14-15H2,1-2H3,(H,28,32)(H,29,33). The molecule has 0 aliphatic rings. The molecule has 10 heteroatoms. The lowest BCUT2D eigenvalue weighted by Crippen LogP contribution is -2.42. The first kappa shape index (κ1) is 26.2. The number of nitriles is 1. The quantitative estimate of drug-likeness (QED) is 0.311. The van der Waals surface area contributed by atoms with Crippen molar-refractivity contribution in [2.75, 3.05) is 13.7 Å². The fourth-order valence-corrected chi connectivity index (χ4v) is 3.59. The van der Waals surface area contributed by atoms with E-state index in [4.69, 9.17) is 14.7 Å². The molecule has 10 nitrogen and oxygen atoms in total. The third-order valence-corrected chi connectivity index (χ3v) is 5.47. The van der Waals surface area contributed by atoms with Crippen molar-refractivity contribution in [2.45, 2.75) is 45.6 Å². The third-order valence-electron chi connectivity index (χ3n) is 5.47. The van der Waals surface area contributed by atoms with Crippen molar-refractivity contribution in [3.05, 3.63) is 64.1 Å². The van der Waals surface area contributed by atoms with Crippen LogP contribution < -0.4 is 25.9 Å². The van der Waals surface area contributed by atoms with Gasteiger partial charge in [-0.15, -0.1) is 0 Å². The lowest BCUT2D eigenvalue weighted by atomic mass is 10.1. The van der Waals surface area contributed by atoms with Gasteiger partial charge in [-0.3, -0.25) is 25.2 Å². The van der Waals surface area contributed by atoms with Crippen molar-refractivity contribution in [2.24, 2.45) is 0 Å². The van der Waals surface area contributed by atoms with Crippen molar-refractivity contribution < 1.29 is 19.1 Å². The van der Waals surface area contributed by atoms with Crippen LogP contribution in [0.3, 0.4) is 0 Å². The molecule has 2 N–H and O–H groups in total. The molecule has 0 bridgehead atoms. The molecule has 3 rings (SSSR count). The minimum atomic E-state index is -0.609. The largest absolute Gasteiger partial charge is 0.493 e. The molecule has 188 valence electrons. The summed E-state index contributed by atoms with van der Waals surface area (Å²) in [7, 11) is 1.48. The number of ether oxygens (including phenoxy) is 2. The van der Waals surface area contributed by atoms with Gasteiger partial charge in [0.1, 0.15) is 0 Å². The average Bonchev–Trinajstić information content (AvgIpc) is 2.91. The van der Waals surface area contributed by atoms with Gasteiger partial charge < -0.3 is 9.47 Å². The summed E-state index contributed by atoms with van der Waals surface area (Å²) in [6, 6.07) is 13.6. The number of rotatable bonds is 11. The highest BCUT2D eigenvalue weighted by molar-refractivity contribution is 6.05. The van der Waals surface area contributed by atoms with Crippen molar-refractivity contribution >= 4 is 22.6 Å². The maximum absolute atomic E-state index is 12.8. The van der Waals surface area contributed by atoms with Gasteiger partial charge in [-0.1, -0.05) is 38.0 Å². The summed E-state index contributed by atoms with van der Waals surface area (Å²) in [5, 5.41) is 14.1. The molecule has 36 heavy (non-hydrogen) atoms. The fourth-order valence-electron chi connectivity index (χ4n) is 3.59. The van der Waals surface area contributed by atoms with Crippen molar-refractivity contribution in [3.8, 4) is 17.6 Å². The van der Waals surface area contributed by atoms with E-state index in [2.05, 4.69) is 22.9 Å². The van der Waals surface area contributed by atoms with Crippen LogP contribution in [0.2, 0.25) is 0 Å². The first-order chi connectivity index (χ1) is 17.5. The van der Waals surface area contributed by atoms with Gasteiger partial charge in [0.05, 0.1) is 30.7 Å². The molecule has 2 amide bonds. The Labute approximate surface area is 208 Å². The van der Waals surface area contributed by atoms with Crippen LogP contribution in [0.5, 0.6) is 11.5 Å². The molecular weight excluding hydrogens is 462 g/mol. The van der Waals surface area contributed by atoms with Crippen LogP contribution in [-0.2, 0) is 11.3 Å². The molecule has 0 aliphatic carbocycles. The number of hydrogen-bond acceptors (Lipinski definition) is 7. The molecule has 0 atom stereocenters. The number of hydrazine groups is 1. The molecule has 1 heterocycles. The Morgan fingerprint density at radius 3 is 2.56 bits per heavy atom. The summed E-state index contributed by atoms with van der Waals surface area (Å²) < 4.78 is 12.2. The summed E-state index contributed by atoms with van der Waals surface area (Å²) in [4.78, 5) is 37.8. The van der Waals surface area contributed by atoms with E-state index in [1.807, 2.05) is 6.07 Å². The Hall–Kier alpha value is -4.39. The Balaban J connectivity index is 1.56. The second-order valence-corrected chi connectivity index (χ2v) is 8.06. The van der Waals surface area contributed by atoms with Gasteiger partial charge in [0, 0.05) is 24.4 Å². The van der Waals surface area contributed by atoms with Crippen LogP contribution in [0.1, 0.15) is 55.1 Å². The van der Waals surface area contributed by atoms with Crippen LogP contribution in [-0.4, -0.2) is 35.3 Å². The molecule has 0 saturated carbocycles. The topological polar surface area (TPSA) is 135 Å². The predicted octanol–water partition coefficient (Wildman–Crippen LogP) is 3.09. The summed E-state index contributed by atoms with van der Waals surface area (Å²) in [6.07, 6.45) is 3.20. The lowest BCUT2D eigenvalue weighted by molar-refractivity contribution is -0.122. The van der Waals surface area contributed by atoms with Gasteiger partial charge in [0.2, 0.25) is 5.91 Å². The van der Waals surface area contributed by atoms with E-state index < -0.39 is 11.8 Å². The van der Waals surface area contributed by atoms with Crippen LogP contribution in [0.4, 0.5) is 0 Å². The number of fused-ring (bicyclic) bond motifs is 1. The number of aryl methyl sites for hydroxylation is 1. The fraction of sp³-hybridized carbons (Fsp3) is 0.346. The van der Waals surface area contributed by atoms with Crippen molar-refractivity contribution in [1.29, 1.82) is 5.26 Å². The second-order valence-electron chi connectivity index (χ2n) is 8.06. The predicted molar refractivity (Wildman–Crippen MR) is 134 cm³/mol. The summed E-state index contributed by atoms with van der Waals surface area (Å²) in [6.45, 7) is 2.71. The van der Waals surface area contributed by atoms with E-state index in [9.17, 15) is 14.4 Å². The highest BCUT2D eigenvalue weighted by Gasteiger charge is 2.17. The van der Waals surface area contributed by atoms with E-state index in [1.54, 1.807) is 42.5 Å². The number of aromatic nitrogens is 2. The van der Waals surface area contributed by atoms with Crippen LogP contribution in [0, 0.1) is 11.3 Å². The lowest BCUT2D eigenvalue weighted by Gasteiger charge is -2.12. The SMILES string of the molecule is CCCCCn1nc(C(=O)NNC(=O)CCCOc2ccc(C#N)cc2OC)c2ccccc2c1=O. The molecular formula is C26H29N5O5. The van der Waals surface area contributed by atoms with Crippen molar-refractivity contribution in [1.82, 2.24) is 20.6 Å². The number of hydrogen-bond donors (Lipinski definition) is 2. The Kier molecular flexibility index (Phi) is 9.40. The molecule has 3 aromatic rings. The van der Waals surface area contributed by atoms with Gasteiger partial charge in [-0.2, -0.15) is 10.4 Å². The Morgan fingerprint density at radius 1 is 1.06 bits per heavy atom. The highest BCUT2D eigenvalue weighted by atomic mass is 16.5. The molecule has 0 radical (unpaired) electrons. The third kappa shape index (κ3) is 6.60. The number of amides is 2. The maximum atomic E-state index is 12.8. The van der Waals surface area contributed by atoms with Crippen LogP contribution in [0.15, 0.2) is 47.3 Å². The zero-order valence-corrected chi connectivity index (χ0v) is 20.4. The molecule has 0 saturated heterocycles. The number of nitrogens with zero attached hydrogens (tertiary/aromatic N) is 3. The monoisotopic (exact) mass is 491 g/mol. The Bertz CT molecular complexity index is 1330. The number of unbranched alkanes of at least 4 members (excludes halogenated alkanes) is 2. The van der Waals surface area contributed by atoms with Gasteiger partial charge in [0.25, 0.3) is 11.5 Å². The molecule has 0 spiro atoms. The second kappa shape index (κ2) is 12.9. The zero-order valence-electron chi connectivity index (χ0n) is 20.4. The number of benzene rings is 2. The van der Waals surface area contributed by atoms with Gasteiger partial charge in [-0.25, -0.2) is 4.68 Å². The van der Waals surface area contributed by atoms with Gasteiger partial charge >= 0.3 is 0 Å². The van der Waals surface area contributed by atoms with Crippen LogP contribution >= 0.6 is 0 Å². The number of nitrogens with one attached hydrogen (secondary N) is 2. The smallest absolute Gasteiger partial charge is 0.290 e. The van der Waals surface area contributed by atoms with E-state index in [0.29, 0.717) is 40.8 Å². The molecule has 0 unspecified atom stereocenters. The van der Waals surface area contributed by atoms with E-state index in [-0.39, 0.29) is 24.3 Å². The zero-order chi connectivity index (χ0) is 25.9. The minimum absolute atomic E-state index is 0.0678. The van der Waals surface area contributed by atoms with Crippen LogP contribution in [0.25, 0.3) is 10.8 Å². The maximum Gasteiger partial charge on any atom is 0.290 e. The average molecular weight is 492 g/mol. The van der Waals surface area contributed by atoms with E-state index in [0.717, 1.165) is 19.3 Å². The first-order valence-electron chi connectivity index (χ1n) is 11.8. The molecule has 0 fully saturated rings. The molecule has 0 aliphatic heterocycles. The molecule has 1 aromatic heterocycles. The Morgan fingerprint density at radius 2 is 1.83 bits per heavy atom.